The minimum Gasteiger partial charge on any atom is -0.337 e. The van der Waals surface area contributed by atoms with Gasteiger partial charge in [0, 0.05) is 29.9 Å². The highest BCUT2D eigenvalue weighted by atomic mass is 32.1. The highest BCUT2D eigenvalue weighted by molar-refractivity contribution is 7.80. The third-order valence-corrected chi connectivity index (χ3v) is 4.15. The molecule has 0 aromatic carbocycles. The van der Waals surface area contributed by atoms with Gasteiger partial charge in [-0.25, -0.2) is 0 Å². The van der Waals surface area contributed by atoms with Crippen LogP contribution < -0.4 is 0 Å². The summed E-state index contributed by atoms with van der Waals surface area (Å²) < 4.78 is 0. The Bertz CT molecular complexity index is 378. The monoisotopic (exact) mass is 256 g/mol. The van der Waals surface area contributed by atoms with Gasteiger partial charge in [-0.3, -0.25) is 4.79 Å². The van der Waals surface area contributed by atoms with Crippen molar-refractivity contribution in [1.82, 2.24) is 9.80 Å². The quantitative estimate of drug-likeness (QED) is 0.775. The first-order chi connectivity index (χ1) is 7.66. The summed E-state index contributed by atoms with van der Waals surface area (Å²) in [5.41, 5.74) is 0. The number of thiophene rings is 1. The Morgan fingerprint density at radius 1 is 1.38 bits per heavy atom. The molecule has 1 aromatic heterocycles. The van der Waals surface area contributed by atoms with Gasteiger partial charge in [-0.1, -0.05) is 0 Å². The molecule has 1 saturated heterocycles. The molecule has 0 atom stereocenters. The number of thiol groups is 1. The van der Waals surface area contributed by atoms with E-state index in [1.54, 1.807) is 0 Å². The van der Waals surface area contributed by atoms with E-state index in [-0.39, 0.29) is 5.91 Å². The summed E-state index contributed by atoms with van der Waals surface area (Å²) in [6.07, 6.45) is 1.06. The first kappa shape index (κ1) is 12.0. The molecule has 88 valence electrons. The van der Waals surface area contributed by atoms with E-state index < -0.39 is 0 Å². The molecule has 3 nitrogen and oxygen atoms in total. The van der Waals surface area contributed by atoms with Crippen LogP contribution in [0.2, 0.25) is 0 Å². The van der Waals surface area contributed by atoms with E-state index in [1.165, 1.54) is 11.3 Å². The summed E-state index contributed by atoms with van der Waals surface area (Å²) in [7, 11) is 2.10. The zero-order valence-electron chi connectivity index (χ0n) is 9.35. The van der Waals surface area contributed by atoms with Gasteiger partial charge in [0.1, 0.15) is 0 Å². The van der Waals surface area contributed by atoms with Crippen LogP contribution in [0.4, 0.5) is 0 Å². The zero-order valence-corrected chi connectivity index (χ0v) is 11.1. The van der Waals surface area contributed by atoms with Crippen LogP contribution in [0.1, 0.15) is 16.1 Å². The Balaban J connectivity index is 2.04. The highest BCUT2D eigenvalue weighted by Crippen LogP contribution is 2.19. The molecule has 2 heterocycles. The molecule has 0 radical (unpaired) electrons. The molecule has 1 aliphatic heterocycles. The van der Waals surface area contributed by atoms with Crippen LogP contribution in [0.5, 0.6) is 0 Å². The van der Waals surface area contributed by atoms with Crippen LogP contribution in [0.25, 0.3) is 0 Å². The van der Waals surface area contributed by atoms with Crippen molar-refractivity contribution in [3.8, 4) is 0 Å². The van der Waals surface area contributed by atoms with E-state index in [0.29, 0.717) is 0 Å². The van der Waals surface area contributed by atoms with Gasteiger partial charge in [0.15, 0.2) is 0 Å². The summed E-state index contributed by atoms with van der Waals surface area (Å²) in [4.78, 5) is 18.0. The van der Waals surface area contributed by atoms with Crippen LogP contribution in [-0.4, -0.2) is 48.9 Å². The summed E-state index contributed by atoms with van der Waals surface area (Å²) >= 11 is 5.71. The van der Waals surface area contributed by atoms with Crippen LogP contribution in [0.15, 0.2) is 16.3 Å². The average Bonchev–Trinajstić information content (AvgIpc) is 2.57. The van der Waals surface area contributed by atoms with Gasteiger partial charge in [-0.05, 0) is 26.1 Å². The molecule has 1 fully saturated rings. The van der Waals surface area contributed by atoms with Crippen molar-refractivity contribution in [2.45, 2.75) is 11.3 Å². The minimum atomic E-state index is 0.153. The second-order valence-corrected chi connectivity index (χ2v) is 5.55. The molecule has 0 aliphatic carbocycles. The second kappa shape index (κ2) is 5.21. The first-order valence-corrected chi connectivity index (χ1v) is 6.75. The number of hydrogen-bond acceptors (Lipinski definition) is 4. The Morgan fingerprint density at radius 3 is 2.88 bits per heavy atom. The number of carbonyl (C=O) groups excluding carboxylic acids is 1. The van der Waals surface area contributed by atoms with Crippen LogP contribution in [-0.2, 0) is 0 Å². The Hall–Kier alpha value is -0.520. The smallest absolute Gasteiger partial charge is 0.264 e. The fourth-order valence-corrected chi connectivity index (χ4v) is 2.96. The molecule has 16 heavy (non-hydrogen) atoms. The normalized spacial score (nSPS) is 18.5. The highest BCUT2D eigenvalue weighted by Gasteiger charge is 2.19. The van der Waals surface area contributed by atoms with Crippen LogP contribution in [0, 0.1) is 0 Å². The Kier molecular flexibility index (Phi) is 3.89. The maximum atomic E-state index is 12.2. The molecule has 1 aliphatic rings. The first-order valence-electron chi connectivity index (χ1n) is 5.42. The lowest BCUT2D eigenvalue weighted by Gasteiger charge is -2.19. The zero-order chi connectivity index (χ0) is 11.5. The van der Waals surface area contributed by atoms with Gasteiger partial charge in [-0.15, -0.1) is 24.0 Å². The number of nitrogens with zero attached hydrogens (tertiary/aromatic N) is 2. The molecule has 0 bridgehead atoms. The van der Waals surface area contributed by atoms with Crippen molar-refractivity contribution >= 4 is 29.9 Å². The largest absolute Gasteiger partial charge is 0.337 e. The number of hydrogen-bond donors (Lipinski definition) is 1. The van der Waals surface area contributed by atoms with Crippen molar-refractivity contribution in [2.24, 2.45) is 0 Å². The molecule has 1 aromatic rings. The number of amides is 1. The molecule has 0 unspecified atom stereocenters. The minimum absolute atomic E-state index is 0.153. The standard InChI is InChI=1S/C11H16N2OS2/c1-12-3-2-4-13(6-5-12)11(14)10-7-9(15)8-16-10/h7-8,15H,2-6H2,1H3. The predicted molar refractivity (Wildman–Crippen MR) is 69.6 cm³/mol. The van der Waals surface area contributed by atoms with E-state index in [2.05, 4.69) is 24.6 Å². The molecule has 0 saturated carbocycles. The maximum Gasteiger partial charge on any atom is 0.264 e. The second-order valence-electron chi connectivity index (χ2n) is 4.12. The lowest BCUT2D eigenvalue weighted by molar-refractivity contribution is 0.0767. The maximum absolute atomic E-state index is 12.2. The van der Waals surface area contributed by atoms with Gasteiger partial charge in [0.05, 0.1) is 4.88 Å². The fraction of sp³-hybridized carbons (Fsp3) is 0.545. The number of carbonyl (C=O) groups is 1. The van der Waals surface area contributed by atoms with E-state index in [0.717, 1.165) is 42.4 Å². The summed E-state index contributed by atoms with van der Waals surface area (Å²) in [6, 6.07) is 1.85. The lowest BCUT2D eigenvalue weighted by Crippen LogP contribution is -2.34. The third-order valence-electron chi connectivity index (χ3n) is 2.80. The predicted octanol–water partition coefficient (Wildman–Crippen LogP) is 1.81. The molecule has 5 heteroatoms. The molecular weight excluding hydrogens is 240 g/mol. The lowest BCUT2D eigenvalue weighted by atomic mass is 10.3. The van der Waals surface area contributed by atoms with Gasteiger partial charge in [0.25, 0.3) is 5.91 Å². The van der Waals surface area contributed by atoms with E-state index in [1.807, 2.05) is 16.3 Å². The molecular formula is C11H16N2OS2. The summed E-state index contributed by atoms with van der Waals surface area (Å²) in [6.45, 7) is 3.73. The molecule has 0 N–H and O–H groups in total. The van der Waals surface area contributed by atoms with Gasteiger partial charge in [0.2, 0.25) is 0 Å². The van der Waals surface area contributed by atoms with Gasteiger partial charge >= 0.3 is 0 Å². The van der Waals surface area contributed by atoms with Crippen molar-refractivity contribution in [1.29, 1.82) is 0 Å². The van der Waals surface area contributed by atoms with Crippen LogP contribution >= 0.6 is 24.0 Å². The summed E-state index contributed by atoms with van der Waals surface area (Å²) in [5.74, 6) is 0.153. The number of likely N-dealkylation sites (N-methyl/N-ethyl adjacent to an activating group) is 1. The molecule has 2 rings (SSSR count). The van der Waals surface area contributed by atoms with Crippen molar-refractivity contribution in [3.63, 3.8) is 0 Å². The van der Waals surface area contributed by atoms with E-state index >= 15 is 0 Å². The fourth-order valence-electron chi connectivity index (χ4n) is 1.84. The van der Waals surface area contributed by atoms with Crippen molar-refractivity contribution in [2.75, 3.05) is 33.2 Å². The van der Waals surface area contributed by atoms with E-state index in [4.69, 9.17) is 0 Å². The van der Waals surface area contributed by atoms with Gasteiger partial charge < -0.3 is 9.80 Å². The molecule has 0 spiro atoms. The Morgan fingerprint density at radius 2 is 2.19 bits per heavy atom. The molecule has 1 amide bonds. The summed E-state index contributed by atoms with van der Waals surface area (Å²) in [5, 5.41) is 1.90. The van der Waals surface area contributed by atoms with Gasteiger partial charge in [-0.2, -0.15) is 0 Å². The van der Waals surface area contributed by atoms with Crippen molar-refractivity contribution in [3.05, 3.63) is 16.3 Å². The topological polar surface area (TPSA) is 23.6 Å². The average molecular weight is 256 g/mol. The third kappa shape index (κ3) is 2.78. The number of rotatable bonds is 1. The van der Waals surface area contributed by atoms with Crippen LogP contribution in [0.3, 0.4) is 0 Å². The van der Waals surface area contributed by atoms with E-state index in [9.17, 15) is 4.79 Å². The van der Waals surface area contributed by atoms with Crippen molar-refractivity contribution < 1.29 is 4.79 Å². The SMILES string of the molecule is CN1CCCN(C(=O)c2cc(S)cs2)CC1. The Labute approximate surface area is 105 Å².